The van der Waals surface area contributed by atoms with Gasteiger partial charge in [0.1, 0.15) is 0 Å². The molecule has 0 saturated carbocycles. The van der Waals surface area contributed by atoms with Gasteiger partial charge in [-0.15, -0.1) is 24.2 Å². The number of nitrogens with zero attached hydrogens (tertiary/aromatic N) is 3. The van der Waals surface area contributed by atoms with E-state index in [1.54, 1.807) is 11.3 Å². The molecular weight excluding hydrogens is 498 g/mol. The summed E-state index contributed by atoms with van der Waals surface area (Å²) in [5, 5.41) is 1.35. The lowest BCUT2D eigenvalue weighted by molar-refractivity contribution is -0.118. The number of aromatic nitrogens is 1. The van der Waals surface area contributed by atoms with E-state index in [1.807, 2.05) is 16.7 Å². The van der Waals surface area contributed by atoms with Crippen LogP contribution in [0.4, 0.5) is 5.13 Å². The molecule has 0 atom stereocenters. The third-order valence-electron chi connectivity index (χ3n) is 6.13. The summed E-state index contributed by atoms with van der Waals surface area (Å²) in [7, 11) is 0. The van der Waals surface area contributed by atoms with E-state index in [-0.39, 0.29) is 18.3 Å². The molecule has 8 heteroatoms. The number of amides is 1. The van der Waals surface area contributed by atoms with Crippen molar-refractivity contribution in [2.45, 2.75) is 50.7 Å². The van der Waals surface area contributed by atoms with Crippen LogP contribution < -0.4 is 4.90 Å². The van der Waals surface area contributed by atoms with Crippen LogP contribution in [0.2, 0.25) is 0 Å². The van der Waals surface area contributed by atoms with E-state index < -0.39 is 0 Å². The van der Waals surface area contributed by atoms with Crippen LogP contribution in [0.5, 0.6) is 0 Å². The Morgan fingerprint density at radius 2 is 1.83 bits per heavy atom. The van der Waals surface area contributed by atoms with Crippen molar-refractivity contribution >= 4 is 56.8 Å². The number of carbonyl (C=O) groups excluding carboxylic acids is 1. The fourth-order valence-electron chi connectivity index (χ4n) is 4.12. The lowest BCUT2D eigenvalue weighted by Gasteiger charge is -2.27. The van der Waals surface area contributed by atoms with Gasteiger partial charge in [0.2, 0.25) is 5.91 Å². The molecule has 1 saturated heterocycles. The zero-order valence-corrected chi connectivity index (χ0v) is 23.5. The Morgan fingerprint density at radius 1 is 1.14 bits per heavy atom. The minimum absolute atomic E-state index is 0. The molecule has 1 aliphatic heterocycles. The fourth-order valence-corrected chi connectivity index (χ4v) is 6.04. The highest BCUT2D eigenvalue weighted by Crippen LogP contribution is 2.31. The number of thiazole rings is 1. The molecule has 0 spiro atoms. The molecule has 35 heavy (non-hydrogen) atoms. The van der Waals surface area contributed by atoms with E-state index in [0.717, 1.165) is 60.2 Å². The van der Waals surface area contributed by atoms with Crippen molar-refractivity contribution in [2.75, 3.05) is 44.3 Å². The summed E-state index contributed by atoms with van der Waals surface area (Å²) in [6, 6.07) is 12.7. The lowest BCUT2D eigenvalue weighted by Crippen LogP contribution is -2.39. The minimum Gasteiger partial charge on any atom is -0.379 e. The van der Waals surface area contributed by atoms with Crippen molar-refractivity contribution in [3.8, 4) is 0 Å². The molecule has 5 nitrogen and oxygen atoms in total. The number of fused-ring (bicyclic) bond motifs is 1. The van der Waals surface area contributed by atoms with Crippen molar-refractivity contribution < 1.29 is 9.53 Å². The number of thioether (sulfide) groups is 1. The molecule has 0 radical (unpaired) electrons. The molecule has 1 aromatic heterocycles. The second-order valence-electron chi connectivity index (χ2n) is 9.24. The van der Waals surface area contributed by atoms with Crippen LogP contribution >= 0.6 is 35.5 Å². The third kappa shape index (κ3) is 7.67. The average molecular weight is 534 g/mol. The first-order valence-corrected chi connectivity index (χ1v) is 13.8. The maximum atomic E-state index is 13.5. The van der Waals surface area contributed by atoms with Gasteiger partial charge in [-0.25, -0.2) is 4.98 Å². The number of carbonyl (C=O) groups is 1. The highest BCUT2D eigenvalue weighted by atomic mass is 35.5. The lowest BCUT2D eigenvalue weighted by atomic mass is 10.1. The van der Waals surface area contributed by atoms with Gasteiger partial charge in [0.05, 0.1) is 29.9 Å². The molecule has 0 unspecified atom stereocenters. The molecular formula is C27H36ClN3O2S2. The Kier molecular flexibility index (Phi) is 10.4. The molecule has 0 bridgehead atoms. The molecule has 1 amide bonds. The largest absolute Gasteiger partial charge is 0.379 e. The highest BCUT2D eigenvalue weighted by molar-refractivity contribution is 7.99. The van der Waals surface area contributed by atoms with Crippen molar-refractivity contribution in [1.82, 2.24) is 9.88 Å². The Morgan fingerprint density at radius 3 is 2.51 bits per heavy atom. The van der Waals surface area contributed by atoms with Gasteiger partial charge >= 0.3 is 0 Å². The van der Waals surface area contributed by atoms with Crippen LogP contribution in [-0.2, 0) is 16.0 Å². The highest BCUT2D eigenvalue weighted by Gasteiger charge is 2.21. The number of rotatable bonds is 9. The van der Waals surface area contributed by atoms with Crippen LogP contribution in [0, 0.1) is 13.8 Å². The minimum atomic E-state index is 0. The van der Waals surface area contributed by atoms with E-state index >= 15 is 0 Å². The number of anilines is 1. The standard InChI is InChI=1S/C27H35N3O2S2.ClH/c1-19(2)33-23-8-6-22(7-9-23)18-26(31)30(11-5-10-29-12-14-32-15-13-29)27-28-24-16-20(3)21(4)17-25(24)34-27;/h6-9,16-17,19H,5,10-15,18H2,1-4H3;1H. The number of morpholine rings is 1. The fraction of sp³-hybridized carbons (Fsp3) is 0.481. The second kappa shape index (κ2) is 13.1. The maximum Gasteiger partial charge on any atom is 0.233 e. The summed E-state index contributed by atoms with van der Waals surface area (Å²) >= 11 is 3.46. The van der Waals surface area contributed by atoms with Crippen LogP contribution in [0.1, 0.15) is 37.0 Å². The second-order valence-corrected chi connectivity index (χ2v) is 11.9. The van der Waals surface area contributed by atoms with Crippen molar-refractivity contribution in [3.05, 3.63) is 53.1 Å². The van der Waals surface area contributed by atoms with E-state index in [9.17, 15) is 4.79 Å². The van der Waals surface area contributed by atoms with Gasteiger partial charge in [-0.3, -0.25) is 14.6 Å². The summed E-state index contributed by atoms with van der Waals surface area (Å²) in [5.74, 6) is 0.110. The predicted molar refractivity (Wildman–Crippen MR) is 152 cm³/mol. The number of aryl methyl sites for hydroxylation is 2. The Hall–Kier alpha value is -1.64. The monoisotopic (exact) mass is 533 g/mol. The molecule has 2 aromatic carbocycles. The van der Waals surface area contributed by atoms with Crippen LogP contribution in [-0.4, -0.2) is 60.4 Å². The Balaban J connectivity index is 0.00000342. The first kappa shape index (κ1) is 27.9. The topological polar surface area (TPSA) is 45.7 Å². The number of benzene rings is 2. The van der Waals surface area contributed by atoms with Gasteiger partial charge in [0.15, 0.2) is 5.13 Å². The molecule has 1 aliphatic rings. The van der Waals surface area contributed by atoms with E-state index in [1.165, 1.54) is 16.0 Å². The average Bonchev–Trinajstić information content (AvgIpc) is 3.20. The molecule has 0 aliphatic carbocycles. The number of hydrogen-bond acceptors (Lipinski definition) is 6. The van der Waals surface area contributed by atoms with Gasteiger partial charge < -0.3 is 4.74 Å². The zero-order chi connectivity index (χ0) is 24.1. The first-order valence-electron chi connectivity index (χ1n) is 12.1. The van der Waals surface area contributed by atoms with Gasteiger partial charge in [-0.2, -0.15) is 0 Å². The molecule has 1 fully saturated rings. The molecule has 0 N–H and O–H groups in total. The normalized spacial score (nSPS) is 14.3. The van der Waals surface area contributed by atoms with Gasteiger partial charge in [0.25, 0.3) is 0 Å². The van der Waals surface area contributed by atoms with E-state index in [0.29, 0.717) is 18.2 Å². The molecule has 2 heterocycles. The summed E-state index contributed by atoms with van der Waals surface area (Å²) < 4.78 is 6.61. The first-order chi connectivity index (χ1) is 16.4. The van der Waals surface area contributed by atoms with Gasteiger partial charge in [-0.1, -0.05) is 37.3 Å². The predicted octanol–water partition coefficient (Wildman–Crippen LogP) is 6.13. The molecule has 190 valence electrons. The zero-order valence-electron chi connectivity index (χ0n) is 21.1. The van der Waals surface area contributed by atoms with E-state index in [4.69, 9.17) is 9.72 Å². The number of halogens is 1. The summed E-state index contributed by atoms with van der Waals surface area (Å²) in [6.07, 6.45) is 1.31. The van der Waals surface area contributed by atoms with Gasteiger partial charge in [-0.05, 0) is 61.2 Å². The summed E-state index contributed by atoms with van der Waals surface area (Å²) in [6.45, 7) is 13.8. The van der Waals surface area contributed by atoms with Crippen molar-refractivity contribution in [1.29, 1.82) is 0 Å². The van der Waals surface area contributed by atoms with Crippen LogP contribution in [0.25, 0.3) is 10.2 Å². The van der Waals surface area contributed by atoms with Crippen LogP contribution in [0.3, 0.4) is 0 Å². The van der Waals surface area contributed by atoms with Crippen molar-refractivity contribution in [3.63, 3.8) is 0 Å². The van der Waals surface area contributed by atoms with Crippen molar-refractivity contribution in [2.24, 2.45) is 0 Å². The SMILES string of the molecule is Cc1cc2nc(N(CCCN3CCOCC3)C(=O)Cc3ccc(SC(C)C)cc3)sc2cc1C.Cl. The smallest absolute Gasteiger partial charge is 0.233 e. The molecule has 3 aromatic rings. The number of ether oxygens (including phenoxy) is 1. The third-order valence-corrected chi connectivity index (χ3v) is 8.19. The Bertz CT molecular complexity index is 1070. The maximum absolute atomic E-state index is 13.5. The van der Waals surface area contributed by atoms with E-state index in [2.05, 4.69) is 69.0 Å². The molecule has 4 rings (SSSR count). The summed E-state index contributed by atoms with van der Waals surface area (Å²) in [4.78, 5) is 24.0. The number of hydrogen-bond donors (Lipinski definition) is 0. The van der Waals surface area contributed by atoms with Gasteiger partial charge in [0, 0.05) is 36.3 Å². The quantitative estimate of drug-likeness (QED) is 0.309. The van der Waals surface area contributed by atoms with Crippen LogP contribution in [0.15, 0.2) is 41.3 Å². The Labute approximate surface area is 223 Å². The summed E-state index contributed by atoms with van der Waals surface area (Å²) in [5.41, 5.74) is 4.51.